The number of carbonyl (C=O) groups excluding carboxylic acids is 2. The van der Waals surface area contributed by atoms with Crippen LogP contribution in [0.1, 0.15) is 35.2 Å². The SMILES string of the molecule is COc1ccc(Cl)cc1NCCC(=O)Nc1cccc(C(=O)N2CCCC2)c1C. The molecule has 6 nitrogen and oxygen atoms in total. The van der Waals surface area contributed by atoms with Gasteiger partial charge in [-0.25, -0.2) is 0 Å². The third-order valence-electron chi connectivity index (χ3n) is 5.06. The lowest BCUT2D eigenvalue weighted by molar-refractivity contribution is -0.115. The number of hydrogen-bond donors (Lipinski definition) is 2. The Bertz CT molecular complexity index is 895. The summed E-state index contributed by atoms with van der Waals surface area (Å²) in [7, 11) is 1.58. The average molecular weight is 416 g/mol. The summed E-state index contributed by atoms with van der Waals surface area (Å²) >= 11 is 6.02. The van der Waals surface area contributed by atoms with Gasteiger partial charge < -0.3 is 20.3 Å². The Kier molecular flexibility index (Phi) is 6.99. The zero-order valence-electron chi connectivity index (χ0n) is 16.8. The number of rotatable bonds is 7. The molecule has 0 radical (unpaired) electrons. The zero-order chi connectivity index (χ0) is 20.8. The Balaban J connectivity index is 1.59. The molecule has 1 aliphatic heterocycles. The standard InChI is InChI=1S/C22H26ClN3O3/c1-15-17(22(28)26-12-3-4-13-26)6-5-7-18(15)25-21(27)10-11-24-19-14-16(23)8-9-20(19)29-2/h5-9,14,24H,3-4,10-13H2,1-2H3,(H,25,27). The number of benzene rings is 2. The van der Waals surface area contributed by atoms with E-state index in [1.54, 1.807) is 31.4 Å². The van der Waals surface area contributed by atoms with E-state index in [0.717, 1.165) is 37.2 Å². The average Bonchev–Trinajstić information content (AvgIpc) is 3.24. The Morgan fingerprint density at radius 3 is 2.62 bits per heavy atom. The lowest BCUT2D eigenvalue weighted by Crippen LogP contribution is -2.28. The third kappa shape index (κ3) is 5.21. The van der Waals surface area contributed by atoms with E-state index in [1.165, 1.54) is 0 Å². The summed E-state index contributed by atoms with van der Waals surface area (Å²) in [6.45, 7) is 3.89. The number of halogens is 1. The van der Waals surface area contributed by atoms with Crippen LogP contribution in [0.4, 0.5) is 11.4 Å². The fourth-order valence-corrected chi connectivity index (χ4v) is 3.61. The first kappa shape index (κ1) is 21.0. The lowest BCUT2D eigenvalue weighted by Gasteiger charge is -2.18. The molecule has 1 heterocycles. The van der Waals surface area contributed by atoms with Gasteiger partial charge in [-0.3, -0.25) is 9.59 Å². The first-order valence-corrected chi connectivity index (χ1v) is 10.1. The highest BCUT2D eigenvalue weighted by molar-refractivity contribution is 6.30. The van der Waals surface area contributed by atoms with Crippen molar-refractivity contribution in [2.75, 3.05) is 37.4 Å². The highest BCUT2D eigenvalue weighted by Gasteiger charge is 2.22. The van der Waals surface area contributed by atoms with Gasteiger partial charge in [0.05, 0.1) is 12.8 Å². The fraction of sp³-hybridized carbons (Fsp3) is 0.364. The van der Waals surface area contributed by atoms with E-state index in [4.69, 9.17) is 16.3 Å². The molecule has 1 fully saturated rings. The van der Waals surface area contributed by atoms with Crippen molar-refractivity contribution < 1.29 is 14.3 Å². The van der Waals surface area contributed by atoms with Crippen LogP contribution in [0.3, 0.4) is 0 Å². The number of likely N-dealkylation sites (tertiary alicyclic amines) is 1. The molecule has 0 aromatic heterocycles. The first-order valence-electron chi connectivity index (χ1n) is 9.75. The summed E-state index contributed by atoms with van der Waals surface area (Å²) in [6, 6.07) is 10.7. The normalized spacial score (nSPS) is 13.3. The topological polar surface area (TPSA) is 70.7 Å². The van der Waals surface area contributed by atoms with Gasteiger partial charge in [0.1, 0.15) is 5.75 Å². The Morgan fingerprint density at radius 1 is 1.14 bits per heavy atom. The van der Waals surface area contributed by atoms with Crippen LogP contribution in [0, 0.1) is 6.92 Å². The van der Waals surface area contributed by atoms with Crippen molar-refractivity contribution >= 4 is 34.8 Å². The van der Waals surface area contributed by atoms with Crippen molar-refractivity contribution in [2.24, 2.45) is 0 Å². The summed E-state index contributed by atoms with van der Waals surface area (Å²) < 4.78 is 5.29. The van der Waals surface area contributed by atoms with Crippen molar-refractivity contribution in [3.05, 3.63) is 52.5 Å². The number of ether oxygens (including phenoxy) is 1. The van der Waals surface area contributed by atoms with Gasteiger partial charge in [0.15, 0.2) is 0 Å². The first-order chi connectivity index (χ1) is 14.0. The quantitative estimate of drug-likeness (QED) is 0.705. The van der Waals surface area contributed by atoms with Crippen LogP contribution >= 0.6 is 11.6 Å². The van der Waals surface area contributed by atoms with Crippen LogP contribution in [0.15, 0.2) is 36.4 Å². The van der Waals surface area contributed by atoms with Crippen molar-refractivity contribution in [1.82, 2.24) is 4.90 Å². The van der Waals surface area contributed by atoms with E-state index in [-0.39, 0.29) is 18.2 Å². The number of nitrogens with one attached hydrogen (secondary N) is 2. The molecular weight excluding hydrogens is 390 g/mol. The number of hydrogen-bond acceptors (Lipinski definition) is 4. The van der Waals surface area contributed by atoms with Gasteiger partial charge in [0.2, 0.25) is 5.91 Å². The third-order valence-corrected chi connectivity index (χ3v) is 5.30. The molecule has 7 heteroatoms. The van der Waals surface area contributed by atoms with E-state index in [9.17, 15) is 9.59 Å². The van der Waals surface area contributed by atoms with E-state index < -0.39 is 0 Å². The van der Waals surface area contributed by atoms with E-state index >= 15 is 0 Å². The molecular formula is C22H26ClN3O3. The van der Waals surface area contributed by atoms with Crippen molar-refractivity contribution in [3.8, 4) is 5.75 Å². The molecule has 2 aromatic carbocycles. The minimum Gasteiger partial charge on any atom is -0.495 e. The van der Waals surface area contributed by atoms with Gasteiger partial charge >= 0.3 is 0 Å². The van der Waals surface area contributed by atoms with E-state index in [0.29, 0.717) is 28.6 Å². The predicted octanol–water partition coefficient (Wildman–Crippen LogP) is 4.33. The highest BCUT2D eigenvalue weighted by atomic mass is 35.5. The van der Waals surface area contributed by atoms with Crippen LogP contribution in [0.5, 0.6) is 5.75 Å². The highest BCUT2D eigenvalue weighted by Crippen LogP contribution is 2.27. The number of anilines is 2. The Morgan fingerprint density at radius 2 is 1.90 bits per heavy atom. The van der Waals surface area contributed by atoms with Crippen molar-refractivity contribution in [3.63, 3.8) is 0 Å². The molecule has 154 valence electrons. The van der Waals surface area contributed by atoms with Gasteiger partial charge in [-0.1, -0.05) is 17.7 Å². The monoisotopic (exact) mass is 415 g/mol. The minimum atomic E-state index is -0.132. The largest absolute Gasteiger partial charge is 0.495 e. The Labute approximate surface area is 176 Å². The van der Waals surface area contributed by atoms with Gasteiger partial charge in [-0.05, 0) is 55.7 Å². The molecule has 3 rings (SSSR count). The molecule has 0 atom stereocenters. The molecule has 0 saturated carbocycles. The maximum absolute atomic E-state index is 12.7. The molecule has 1 aliphatic rings. The summed E-state index contributed by atoms with van der Waals surface area (Å²) in [5.74, 6) is 0.567. The van der Waals surface area contributed by atoms with Crippen LogP contribution in [-0.2, 0) is 4.79 Å². The molecule has 0 bridgehead atoms. The second kappa shape index (κ2) is 9.65. The Hall–Kier alpha value is -2.73. The number of carbonyl (C=O) groups is 2. The molecule has 2 N–H and O–H groups in total. The van der Waals surface area contributed by atoms with E-state index in [2.05, 4.69) is 10.6 Å². The summed E-state index contributed by atoms with van der Waals surface area (Å²) in [5, 5.41) is 6.68. The molecule has 2 aromatic rings. The lowest BCUT2D eigenvalue weighted by atomic mass is 10.1. The predicted molar refractivity (Wildman–Crippen MR) is 116 cm³/mol. The van der Waals surface area contributed by atoms with Gasteiger partial charge in [-0.2, -0.15) is 0 Å². The zero-order valence-corrected chi connectivity index (χ0v) is 17.5. The number of nitrogens with zero attached hydrogens (tertiary/aromatic N) is 1. The van der Waals surface area contributed by atoms with Crippen LogP contribution < -0.4 is 15.4 Å². The van der Waals surface area contributed by atoms with Crippen LogP contribution in [0.25, 0.3) is 0 Å². The molecule has 0 unspecified atom stereocenters. The minimum absolute atomic E-state index is 0.0332. The fourth-order valence-electron chi connectivity index (χ4n) is 3.44. The summed E-state index contributed by atoms with van der Waals surface area (Å²) in [4.78, 5) is 27.0. The molecule has 29 heavy (non-hydrogen) atoms. The van der Waals surface area contributed by atoms with Crippen LogP contribution in [0.2, 0.25) is 5.02 Å². The van der Waals surface area contributed by atoms with Gasteiger partial charge in [-0.15, -0.1) is 0 Å². The molecule has 2 amide bonds. The number of methoxy groups -OCH3 is 1. The molecule has 0 aliphatic carbocycles. The smallest absolute Gasteiger partial charge is 0.254 e. The second-order valence-electron chi connectivity index (χ2n) is 7.05. The summed E-state index contributed by atoms with van der Waals surface area (Å²) in [5.41, 5.74) is 2.84. The van der Waals surface area contributed by atoms with E-state index in [1.807, 2.05) is 24.0 Å². The van der Waals surface area contributed by atoms with Crippen molar-refractivity contribution in [2.45, 2.75) is 26.2 Å². The summed E-state index contributed by atoms with van der Waals surface area (Å²) in [6.07, 6.45) is 2.36. The molecule has 0 spiro atoms. The van der Waals surface area contributed by atoms with Gasteiger partial charge in [0, 0.05) is 42.3 Å². The van der Waals surface area contributed by atoms with Crippen molar-refractivity contribution in [1.29, 1.82) is 0 Å². The molecule has 1 saturated heterocycles. The van der Waals surface area contributed by atoms with Crippen LogP contribution in [-0.4, -0.2) is 43.5 Å². The number of amides is 2. The maximum atomic E-state index is 12.7. The van der Waals surface area contributed by atoms with Gasteiger partial charge in [0.25, 0.3) is 5.91 Å². The maximum Gasteiger partial charge on any atom is 0.254 e. The second-order valence-corrected chi connectivity index (χ2v) is 7.48.